The molecule has 0 N–H and O–H groups in total. The highest BCUT2D eigenvalue weighted by Crippen LogP contribution is 2.41. The van der Waals surface area contributed by atoms with Crippen molar-refractivity contribution in [2.75, 3.05) is 6.61 Å². The van der Waals surface area contributed by atoms with Gasteiger partial charge in [-0.1, -0.05) is 0 Å². The summed E-state index contributed by atoms with van der Waals surface area (Å²) in [6, 6.07) is 0.429. The molecule has 0 radical (unpaired) electrons. The fraction of sp³-hybridized carbons (Fsp3) is 0.500. The molecule has 0 bridgehead atoms. The standard InChI is InChI=1S/C12H10ClF6NO3/c1-2-22-9(21)4-7-10(11(14,15)16)8(23-12(17,18)19)3-6(5-13)20-7/h3H,2,4-5H2,1H3. The smallest absolute Gasteiger partial charge is 0.466 e. The van der Waals surface area contributed by atoms with E-state index in [-0.39, 0.29) is 12.3 Å². The van der Waals surface area contributed by atoms with Crippen LogP contribution >= 0.6 is 11.6 Å². The molecule has 0 atom stereocenters. The lowest BCUT2D eigenvalue weighted by Gasteiger charge is -2.19. The molecular formula is C12H10ClF6NO3. The fourth-order valence-electron chi connectivity index (χ4n) is 1.68. The van der Waals surface area contributed by atoms with Gasteiger partial charge in [-0.3, -0.25) is 9.78 Å². The number of hydrogen-bond donors (Lipinski definition) is 0. The van der Waals surface area contributed by atoms with Crippen LogP contribution in [0.4, 0.5) is 26.3 Å². The van der Waals surface area contributed by atoms with Crippen molar-refractivity contribution in [1.29, 1.82) is 0 Å². The summed E-state index contributed by atoms with van der Waals surface area (Å²) in [6.07, 6.45) is -11.5. The van der Waals surface area contributed by atoms with E-state index >= 15 is 0 Å². The number of hydrogen-bond acceptors (Lipinski definition) is 4. The van der Waals surface area contributed by atoms with Crippen LogP contribution in [0.1, 0.15) is 23.9 Å². The predicted molar refractivity (Wildman–Crippen MR) is 65.8 cm³/mol. The molecule has 0 aliphatic carbocycles. The molecule has 23 heavy (non-hydrogen) atoms. The van der Waals surface area contributed by atoms with Crippen LogP contribution < -0.4 is 4.74 Å². The number of nitrogens with zero attached hydrogens (tertiary/aromatic N) is 1. The van der Waals surface area contributed by atoms with Crippen LogP contribution in [0, 0.1) is 0 Å². The van der Waals surface area contributed by atoms with Crippen LogP contribution in [0.5, 0.6) is 5.75 Å². The lowest BCUT2D eigenvalue weighted by Crippen LogP contribution is -2.23. The minimum absolute atomic E-state index is 0.110. The van der Waals surface area contributed by atoms with E-state index in [1.807, 2.05) is 0 Å². The van der Waals surface area contributed by atoms with Gasteiger partial charge in [-0.25, -0.2) is 0 Å². The molecule has 4 nitrogen and oxygen atoms in total. The summed E-state index contributed by atoms with van der Waals surface area (Å²) < 4.78 is 84.1. The van der Waals surface area contributed by atoms with Gasteiger partial charge in [-0.2, -0.15) is 13.2 Å². The molecular weight excluding hydrogens is 356 g/mol. The van der Waals surface area contributed by atoms with Gasteiger partial charge in [0, 0.05) is 6.07 Å². The first kappa shape index (κ1) is 19.3. The maximum atomic E-state index is 13.1. The topological polar surface area (TPSA) is 48.4 Å². The third kappa shape index (κ3) is 5.77. The van der Waals surface area contributed by atoms with E-state index in [1.165, 1.54) is 6.92 Å². The number of carbonyl (C=O) groups is 1. The monoisotopic (exact) mass is 365 g/mol. The highest BCUT2D eigenvalue weighted by atomic mass is 35.5. The molecule has 1 aromatic rings. The summed E-state index contributed by atoms with van der Waals surface area (Å²) in [5.41, 5.74) is -3.05. The van der Waals surface area contributed by atoms with Crippen molar-refractivity contribution in [3.8, 4) is 5.75 Å². The van der Waals surface area contributed by atoms with Gasteiger partial charge in [-0.15, -0.1) is 24.8 Å². The predicted octanol–water partition coefficient (Wildman–Crippen LogP) is 3.84. The Hall–Kier alpha value is -1.71. The number of ether oxygens (including phenoxy) is 2. The number of esters is 1. The molecule has 0 saturated heterocycles. The van der Waals surface area contributed by atoms with Crippen molar-refractivity contribution in [1.82, 2.24) is 4.98 Å². The molecule has 0 saturated carbocycles. The van der Waals surface area contributed by atoms with Crippen LogP contribution in [0.25, 0.3) is 0 Å². The number of aromatic nitrogens is 1. The van der Waals surface area contributed by atoms with E-state index in [9.17, 15) is 31.1 Å². The Morgan fingerprint density at radius 1 is 1.26 bits per heavy atom. The second kappa shape index (κ2) is 7.24. The van der Waals surface area contributed by atoms with Crippen molar-refractivity contribution in [3.63, 3.8) is 0 Å². The Balaban J connectivity index is 3.45. The first-order valence-electron chi connectivity index (χ1n) is 6.05. The molecule has 0 unspecified atom stereocenters. The van der Waals surface area contributed by atoms with Crippen molar-refractivity contribution in [2.24, 2.45) is 0 Å². The molecule has 0 fully saturated rings. The average Bonchev–Trinajstić information content (AvgIpc) is 2.34. The van der Waals surface area contributed by atoms with E-state index in [0.717, 1.165) is 0 Å². The molecule has 0 aromatic carbocycles. The Morgan fingerprint density at radius 2 is 1.87 bits per heavy atom. The van der Waals surface area contributed by atoms with Crippen LogP contribution in [-0.2, 0) is 28.0 Å². The lowest BCUT2D eigenvalue weighted by atomic mass is 10.1. The summed E-state index contributed by atoms with van der Waals surface area (Å²) >= 11 is 5.41. The third-order valence-corrected chi connectivity index (χ3v) is 2.65. The second-order valence-corrected chi connectivity index (χ2v) is 4.36. The fourth-order valence-corrected chi connectivity index (χ4v) is 1.82. The molecule has 1 heterocycles. The quantitative estimate of drug-likeness (QED) is 0.452. The van der Waals surface area contributed by atoms with E-state index in [0.29, 0.717) is 6.07 Å². The SMILES string of the molecule is CCOC(=O)Cc1nc(CCl)cc(OC(F)(F)F)c1C(F)(F)F. The van der Waals surface area contributed by atoms with Gasteiger partial charge in [-0.05, 0) is 6.92 Å². The van der Waals surface area contributed by atoms with Crippen molar-refractivity contribution >= 4 is 17.6 Å². The average molecular weight is 366 g/mol. The zero-order chi connectivity index (χ0) is 17.8. The number of pyridine rings is 1. The molecule has 1 rings (SSSR count). The second-order valence-electron chi connectivity index (χ2n) is 4.09. The number of alkyl halides is 7. The zero-order valence-electron chi connectivity index (χ0n) is 11.5. The lowest BCUT2D eigenvalue weighted by molar-refractivity contribution is -0.276. The largest absolute Gasteiger partial charge is 0.573 e. The van der Waals surface area contributed by atoms with E-state index in [1.54, 1.807) is 0 Å². The van der Waals surface area contributed by atoms with Crippen molar-refractivity contribution in [2.45, 2.75) is 31.8 Å². The third-order valence-electron chi connectivity index (χ3n) is 2.37. The Bertz CT molecular complexity index is 573. The Morgan fingerprint density at radius 3 is 2.30 bits per heavy atom. The van der Waals surface area contributed by atoms with Gasteiger partial charge < -0.3 is 9.47 Å². The van der Waals surface area contributed by atoms with E-state index in [2.05, 4.69) is 14.5 Å². The number of carbonyl (C=O) groups excluding carboxylic acids is 1. The molecule has 0 amide bonds. The Labute approximate surface area is 131 Å². The van der Waals surface area contributed by atoms with Gasteiger partial charge in [0.15, 0.2) is 0 Å². The summed E-state index contributed by atoms with van der Waals surface area (Å²) in [7, 11) is 0. The van der Waals surface area contributed by atoms with E-state index in [4.69, 9.17) is 11.6 Å². The van der Waals surface area contributed by atoms with Crippen LogP contribution in [0.3, 0.4) is 0 Å². The summed E-state index contributed by atoms with van der Waals surface area (Å²) in [6.45, 7) is 1.31. The summed E-state index contributed by atoms with van der Waals surface area (Å²) in [5, 5.41) is 0. The number of rotatable bonds is 5. The van der Waals surface area contributed by atoms with Crippen molar-refractivity contribution < 1.29 is 40.6 Å². The zero-order valence-corrected chi connectivity index (χ0v) is 12.3. The van der Waals surface area contributed by atoms with Gasteiger partial charge in [0.2, 0.25) is 0 Å². The van der Waals surface area contributed by atoms with Gasteiger partial charge in [0.25, 0.3) is 0 Å². The number of halogens is 7. The van der Waals surface area contributed by atoms with E-state index < -0.39 is 47.8 Å². The van der Waals surface area contributed by atoms with Crippen molar-refractivity contribution in [3.05, 3.63) is 23.0 Å². The first-order chi connectivity index (χ1) is 10.5. The summed E-state index contributed by atoms with van der Waals surface area (Å²) in [4.78, 5) is 14.8. The molecule has 0 aliphatic rings. The summed E-state index contributed by atoms with van der Waals surface area (Å²) in [5.74, 6) is -3.06. The van der Waals surface area contributed by atoms with Crippen LogP contribution in [-0.4, -0.2) is 23.9 Å². The first-order valence-corrected chi connectivity index (χ1v) is 6.58. The maximum Gasteiger partial charge on any atom is 0.573 e. The minimum Gasteiger partial charge on any atom is -0.466 e. The van der Waals surface area contributed by atoms with Gasteiger partial charge in [0.1, 0.15) is 11.3 Å². The molecule has 130 valence electrons. The van der Waals surface area contributed by atoms with Gasteiger partial charge >= 0.3 is 18.5 Å². The van der Waals surface area contributed by atoms with Gasteiger partial charge in [0.05, 0.1) is 30.3 Å². The van der Waals surface area contributed by atoms with Crippen LogP contribution in [0.15, 0.2) is 6.07 Å². The molecule has 11 heteroatoms. The maximum absolute atomic E-state index is 13.1. The normalized spacial score (nSPS) is 12.2. The van der Waals surface area contributed by atoms with Crippen LogP contribution in [0.2, 0.25) is 0 Å². The highest BCUT2D eigenvalue weighted by Gasteiger charge is 2.42. The molecule has 1 aromatic heterocycles. The minimum atomic E-state index is -5.36. The highest BCUT2D eigenvalue weighted by molar-refractivity contribution is 6.16. The molecule has 0 aliphatic heterocycles. The molecule has 0 spiro atoms. The Kier molecular flexibility index (Phi) is 6.09.